The zero-order valence-corrected chi connectivity index (χ0v) is 18.3. The van der Waals surface area contributed by atoms with Crippen molar-refractivity contribution in [2.24, 2.45) is 0 Å². The second kappa shape index (κ2) is 6.44. The van der Waals surface area contributed by atoms with Gasteiger partial charge in [-0.1, -0.05) is 17.7 Å². The van der Waals surface area contributed by atoms with E-state index in [4.69, 9.17) is 0 Å². The van der Waals surface area contributed by atoms with Gasteiger partial charge in [0.2, 0.25) is 0 Å². The van der Waals surface area contributed by atoms with Gasteiger partial charge in [-0.05, 0) is 56.2 Å². The van der Waals surface area contributed by atoms with E-state index in [-0.39, 0.29) is 10.3 Å². The number of fused-ring (bicyclic) bond motifs is 3. The molecule has 1 spiro atoms. The van der Waals surface area contributed by atoms with Gasteiger partial charge in [-0.2, -0.15) is 5.26 Å². The Bertz CT molecular complexity index is 1560. The molecule has 0 bridgehead atoms. The van der Waals surface area contributed by atoms with Gasteiger partial charge in [0, 0.05) is 46.4 Å². The molecule has 7 heteroatoms. The first kappa shape index (κ1) is 19.1. The standard InChI is InChI=1S/C25H20N4O2S/c1-16-2-5-19(6-3-16)32(30,31)29-14-21(20-10-17(12-26)4-7-23(20)29)18-11-22-24(27-13-18)28-15-25(22)8-9-25/h2-7,10-11,13-14H,8-9,15H2,1H3,(H,27,28). The van der Waals surface area contributed by atoms with Crippen LogP contribution in [-0.4, -0.2) is 23.9 Å². The van der Waals surface area contributed by atoms with Gasteiger partial charge in [-0.15, -0.1) is 0 Å². The summed E-state index contributed by atoms with van der Waals surface area (Å²) in [6, 6.07) is 16.2. The van der Waals surface area contributed by atoms with Crippen LogP contribution in [0.25, 0.3) is 22.0 Å². The second-order valence-corrected chi connectivity index (χ2v) is 10.6. The van der Waals surface area contributed by atoms with Gasteiger partial charge in [-0.3, -0.25) is 0 Å². The van der Waals surface area contributed by atoms with Crippen LogP contribution in [0.5, 0.6) is 0 Å². The highest BCUT2D eigenvalue weighted by molar-refractivity contribution is 7.90. The summed E-state index contributed by atoms with van der Waals surface area (Å²) in [5, 5.41) is 13.5. The van der Waals surface area contributed by atoms with Crippen molar-refractivity contribution in [1.82, 2.24) is 8.96 Å². The zero-order valence-electron chi connectivity index (χ0n) is 17.5. The van der Waals surface area contributed by atoms with Crippen molar-refractivity contribution in [3.63, 3.8) is 0 Å². The lowest BCUT2D eigenvalue weighted by Crippen LogP contribution is -2.11. The number of nitrogens with one attached hydrogen (secondary N) is 1. The quantitative estimate of drug-likeness (QED) is 0.504. The van der Waals surface area contributed by atoms with Crippen LogP contribution in [0.2, 0.25) is 0 Å². The molecule has 2 aliphatic rings. The number of nitriles is 1. The maximum atomic E-state index is 13.5. The van der Waals surface area contributed by atoms with Crippen LogP contribution < -0.4 is 5.32 Å². The van der Waals surface area contributed by atoms with E-state index in [1.54, 1.807) is 54.9 Å². The summed E-state index contributed by atoms with van der Waals surface area (Å²) in [5.74, 6) is 0.917. The molecule has 2 aromatic carbocycles. The van der Waals surface area contributed by atoms with E-state index >= 15 is 0 Å². The molecule has 0 amide bonds. The average molecular weight is 441 g/mol. The van der Waals surface area contributed by atoms with Crippen molar-refractivity contribution in [3.05, 3.63) is 77.6 Å². The Morgan fingerprint density at radius 1 is 1.12 bits per heavy atom. The number of aromatic nitrogens is 2. The smallest absolute Gasteiger partial charge is 0.268 e. The van der Waals surface area contributed by atoms with Gasteiger partial charge in [0.25, 0.3) is 10.0 Å². The van der Waals surface area contributed by atoms with Gasteiger partial charge in [0.1, 0.15) is 5.82 Å². The predicted molar refractivity (Wildman–Crippen MR) is 123 cm³/mol. The van der Waals surface area contributed by atoms with Gasteiger partial charge in [0.05, 0.1) is 22.0 Å². The first-order valence-corrected chi connectivity index (χ1v) is 12.0. The van der Waals surface area contributed by atoms with Crippen LogP contribution in [-0.2, 0) is 15.4 Å². The molecule has 6 rings (SSSR count). The van der Waals surface area contributed by atoms with Crippen molar-refractivity contribution >= 4 is 26.7 Å². The van der Waals surface area contributed by atoms with Crippen LogP contribution in [0, 0.1) is 18.3 Å². The monoisotopic (exact) mass is 440 g/mol. The fourth-order valence-corrected chi connectivity index (χ4v) is 5.99. The molecule has 1 saturated carbocycles. The summed E-state index contributed by atoms with van der Waals surface area (Å²) in [5.41, 5.74) is 5.00. The maximum absolute atomic E-state index is 13.5. The number of nitrogens with zero attached hydrogens (tertiary/aromatic N) is 3. The molecule has 0 saturated heterocycles. The van der Waals surface area contributed by atoms with E-state index in [0.29, 0.717) is 11.1 Å². The van der Waals surface area contributed by atoms with Crippen LogP contribution in [0.15, 0.2) is 65.8 Å². The number of aryl methyl sites for hydroxylation is 1. The molecule has 1 fully saturated rings. The fraction of sp³-hybridized carbons (Fsp3) is 0.200. The van der Waals surface area contributed by atoms with Crippen molar-refractivity contribution < 1.29 is 8.42 Å². The van der Waals surface area contributed by atoms with Crippen LogP contribution >= 0.6 is 0 Å². The van der Waals surface area contributed by atoms with Crippen molar-refractivity contribution in [3.8, 4) is 17.2 Å². The average Bonchev–Trinajstić information content (AvgIpc) is 3.36. The minimum atomic E-state index is -3.81. The fourth-order valence-electron chi connectivity index (χ4n) is 4.62. The Labute approximate surface area is 186 Å². The lowest BCUT2D eigenvalue weighted by atomic mass is 9.96. The van der Waals surface area contributed by atoms with Crippen molar-refractivity contribution in [1.29, 1.82) is 5.26 Å². The largest absolute Gasteiger partial charge is 0.369 e. The predicted octanol–water partition coefficient (Wildman–Crippen LogP) is 4.58. The van der Waals surface area contributed by atoms with Crippen LogP contribution in [0.3, 0.4) is 0 Å². The Morgan fingerprint density at radius 2 is 1.91 bits per heavy atom. The van der Waals surface area contributed by atoms with Crippen molar-refractivity contribution in [2.75, 3.05) is 11.9 Å². The third-order valence-corrected chi connectivity index (χ3v) is 8.38. The summed E-state index contributed by atoms with van der Waals surface area (Å²) < 4.78 is 28.4. The van der Waals surface area contributed by atoms with Crippen LogP contribution in [0.4, 0.5) is 5.82 Å². The Morgan fingerprint density at radius 3 is 2.62 bits per heavy atom. The number of pyridine rings is 1. The van der Waals surface area contributed by atoms with E-state index < -0.39 is 10.0 Å². The molecule has 6 nitrogen and oxygen atoms in total. The second-order valence-electron chi connectivity index (χ2n) is 8.75. The molecule has 1 N–H and O–H groups in total. The summed E-state index contributed by atoms with van der Waals surface area (Å²) in [6.07, 6.45) is 5.72. The Kier molecular flexibility index (Phi) is 3.84. The topological polar surface area (TPSA) is 87.8 Å². The minimum Gasteiger partial charge on any atom is -0.369 e. The number of rotatable bonds is 3. The lowest BCUT2D eigenvalue weighted by Gasteiger charge is -2.08. The van der Waals surface area contributed by atoms with E-state index in [9.17, 15) is 13.7 Å². The first-order chi connectivity index (χ1) is 15.4. The summed E-state index contributed by atoms with van der Waals surface area (Å²) in [4.78, 5) is 4.85. The van der Waals surface area contributed by atoms with Gasteiger partial charge >= 0.3 is 0 Å². The molecule has 158 valence electrons. The number of anilines is 1. The van der Waals surface area contributed by atoms with Gasteiger partial charge in [-0.25, -0.2) is 17.4 Å². The lowest BCUT2D eigenvalue weighted by molar-refractivity contribution is 0.589. The van der Waals surface area contributed by atoms with E-state index in [1.807, 2.05) is 6.92 Å². The maximum Gasteiger partial charge on any atom is 0.268 e. The van der Waals surface area contributed by atoms with Crippen LogP contribution in [0.1, 0.15) is 29.5 Å². The molecule has 1 aliphatic heterocycles. The number of hydrogen-bond donors (Lipinski definition) is 1. The molecule has 1 aliphatic carbocycles. The highest BCUT2D eigenvalue weighted by Crippen LogP contribution is 2.54. The zero-order chi connectivity index (χ0) is 22.1. The first-order valence-electron chi connectivity index (χ1n) is 10.5. The molecule has 0 atom stereocenters. The molecule has 2 aromatic heterocycles. The molecule has 32 heavy (non-hydrogen) atoms. The molecular weight excluding hydrogens is 420 g/mol. The third-order valence-electron chi connectivity index (χ3n) is 6.70. The third kappa shape index (κ3) is 2.69. The Balaban J connectivity index is 1.59. The molecule has 0 radical (unpaired) electrons. The molecular formula is C25H20N4O2S. The van der Waals surface area contributed by atoms with Gasteiger partial charge < -0.3 is 5.32 Å². The SMILES string of the molecule is Cc1ccc(S(=O)(=O)n2cc(-c3cnc4c(c3)C3(CC3)CN4)c3cc(C#N)ccc32)cc1. The highest BCUT2D eigenvalue weighted by atomic mass is 32.2. The number of hydrogen-bond acceptors (Lipinski definition) is 5. The molecule has 3 heterocycles. The summed E-state index contributed by atoms with van der Waals surface area (Å²) in [6.45, 7) is 2.83. The van der Waals surface area contributed by atoms with E-state index in [0.717, 1.165) is 47.3 Å². The summed E-state index contributed by atoms with van der Waals surface area (Å²) in [7, 11) is -3.81. The van der Waals surface area contributed by atoms with E-state index in [2.05, 4.69) is 22.4 Å². The van der Waals surface area contributed by atoms with Gasteiger partial charge in [0.15, 0.2) is 0 Å². The normalized spacial score (nSPS) is 16.0. The summed E-state index contributed by atoms with van der Waals surface area (Å²) >= 11 is 0. The minimum absolute atomic E-state index is 0.169. The Hall–Kier alpha value is -3.63. The number of benzene rings is 2. The van der Waals surface area contributed by atoms with Crippen molar-refractivity contribution in [2.45, 2.75) is 30.1 Å². The highest BCUT2D eigenvalue weighted by Gasteiger charge is 2.49. The molecule has 0 unspecified atom stereocenters. The molecule has 4 aromatic rings. The van der Waals surface area contributed by atoms with E-state index in [1.165, 1.54) is 9.54 Å².